The Hall–Kier alpha value is -4.65. The zero-order valence-electron chi connectivity index (χ0n) is 25.5. The minimum atomic E-state index is -0.0536. The molecule has 0 aliphatic carbocycles. The summed E-state index contributed by atoms with van der Waals surface area (Å²) in [5, 5.41) is 0.993. The van der Waals surface area contributed by atoms with Crippen LogP contribution < -0.4 is 9.64 Å². The van der Waals surface area contributed by atoms with E-state index >= 15 is 0 Å². The lowest BCUT2D eigenvalue weighted by Gasteiger charge is -2.45. The second kappa shape index (κ2) is 11.9. The van der Waals surface area contributed by atoms with E-state index in [0.717, 1.165) is 64.1 Å². The predicted octanol–water partition coefficient (Wildman–Crippen LogP) is 7.55. The molecule has 1 aliphatic heterocycles. The Morgan fingerprint density at radius 1 is 0.953 bits per heavy atom. The van der Waals surface area contributed by atoms with E-state index in [4.69, 9.17) is 9.72 Å². The molecule has 3 unspecified atom stereocenters. The third-order valence-electron chi connectivity index (χ3n) is 8.85. The quantitative estimate of drug-likeness (QED) is 0.218. The number of aromatic amines is 1. The molecule has 0 spiro atoms. The SMILES string of the molecule is CCC(C)c1ccc(-c2cccc3c(OC)c(-c4ccc(N5CC(C)N(C(=O)c6ncc[nH]6)C(C)C5)cc4)cnc23)cc1. The summed E-state index contributed by atoms with van der Waals surface area (Å²) in [6.45, 7) is 10.2. The van der Waals surface area contributed by atoms with Gasteiger partial charge in [0.1, 0.15) is 5.75 Å². The maximum Gasteiger partial charge on any atom is 0.290 e. The highest BCUT2D eigenvalue weighted by molar-refractivity contribution is 6.00. The number of H-pyrrole nitrogens is 1. The van der Waals surface area contributed by atoms with E-state index in [1.54, 1.807) is 19.5 Å². The first kappa shape index (κ1) is 28.5. The van der Waals surface area contributed by atoms with E-state index in [9.17, 15) is 4.79 Å². The molecule has 7 heteroatoms. The van der Waals surface area contributed by atoms with Crippen molar-refractivity contribution in [1.82, 2.24) is 19.9 Å². The van der Waals surface area contributed by atoms with Gasteiger partial charge in [-0.3, -0.25) is 9.78 Å². The van der Waals surface area contributed by atoms with Crippen LogP contribution in [-0.2, 0) is 0 Å². The van der Waals surface area contributed by atoms with Crippen LogP contribution in [0.4, 0.5) is 5.69 Å². The summed E-state index contributed by atoms with van der Waals surface area (Å²) in [6, 6.07) is 23.8. The van der Waals surface area contributed by atoms with Gasteiger partial charge in [-0.2, -0.15) is 0 Å². The molecule has 220 valence electrons. The van der Waals surface area contributed by atoms with E-state index in [0.29, 0.717) is 11.7 Å². The highest BCUT2D eigenvalue weighted by Gasteiger charge is 2.34. The standard InChI is InChI=1S/C36H39N5O2/c1-6-23(2)26-10-12-27(13-11-26)30-8-7-9-31-33(30)39-20-32(34(31)43-5)28-14-16-29(17-15-28)40-21-24(3)41(25(4)22-40)36(42)35-37-18-19-38-35/h7-20,23-25H,6,21-22H2,1-5H3,(H,37,38). The maximum atomic E-state index is 13.0. The highest BCUT2D eigenvalue weighted by atomic mass is 16.5. The Morgan fingerprint density at radius 3 is 2.26 bits per heavy atom. The van der Waals surface area contributed by atoms with Crippen molar-refractivity contribution in [3.05, 3.63) is 96.7 Å². The van der Waals surface area contributed by atoms with Crippen LogP contribution in [0.2, 0.25) is 0 Å². The van der Waals surface area contributed by atoms with Crippen molar-refractivity contribution in [2.45, 2.75) is 52.1 Å². The van der Waals surface area contributed by atoms with Crippen LogP contribution in [0.3, 0.4) is 0 Å². The largest absolute Gasteiger partial charge is 0.495 e. The average molecular weight is 574 g/mol. The number of carbonyl (C=O) groups excluding carboxylic acids is 1. The summed E-state index contributed by atoms with van der Waals surface area (Å²) in [6.07, 6.45) is 6.35. The summed E-state index contributed by atoms with van der Waals surface area (Å²) in [7, 11) is 1.73. The molecule has 3 heterocycles. The monoisotopic (exact) mass is 573 g/mol. The third-order valence-corrected chi connectivity index (χ3v) is 8.85. The minimum absolute atomic E-state index is 0.0475. The lowest BCUT2D eigenvalue weighted by Crippen LogP contribution is -2.59. The van der Waals surface area contributed by atoms with E-state index < -0.39 is 0 Å². The topological polar surface area (TPSA) is 74.3 Å². The second-order valence-electron chi connectivity index (χ2n) is 11.6. The number of nitrogens with zero attached hydrogens (tertiary/aromatic N) is 4. The van der Waals surface area contributed by atoms with Crippen LogP contribution in [0.5, 0.6) is 5.75 Å². The molecule has 3 aromatic carbocycles. The molecule has 5 aromatic rings. The van der Waals surface area contributed by atoms with Crippen molar-refractivity contribution >= 4 is 22.5 Å². The highest BCUT2D eigenvalue weighted by Crippen LogP contribution is 2.39. The number of nitrogens with one attached hydrogen (secondary N) is 1. The molecule has 0 bridgehead atoms. The number of methoxy groups -OCH3 is 1. The van der Waals surface area contributed by atoms with Crippen molar-refractivity contribution < 1.29 is 9.53 Å². The third kappa shape index (κ3) is 5.36. The number of rotatable bonds is 7. The van der Waals surface area contributed by atoms with Crippen molar-refractivity contribution in [3.8, 4) is 28.0 Å². The van der Waals surface area contributed by atoms with Gasteiger partial charge in [-0.1, -0.05) is 62.4 Å². The molecule has 3 atom stereocenters. The van der Waals surface area contributed by atoms with Gasteiger partial charge < -0.3 is 19.5 Å². The van der Waals surface area contributed by atoms with Gasteiger partial charge in [0.15, 0.2) is 5.82 Å². The van der Waals surface area contributed by atoms with Crippen LogP contribution in [-0.4, -0.2) is 58.0 Å². The number of imidazole rings is 1. The summed E-state index contributed by atoms with van der Waals surface area (Å²) in [5.41, 5.74) is 7.67. The number of pyridine rings is 1. The van der Waals surface area contributed by atoms with Gasteiger partial charge in [-0.15, -0.1) is 0 Å². The fraction of sp³-hybridized carbons (Fsp3) is 0.306. The molecular formula is C36H39N5O2. The van der Waals surface area contributed by atoms with Gasteiger partial charge in [-0.05, 0) is 61.1 Å². The van der Waals surface area contributed by atoms with Gasteiger partial charge in [-0.25, -0.2) is 4.98 Å². The predicted molar refractivity (Wildman–Crippen MR) is 174 cm³/mol. The normalized spacial score (nSPS) is 17.7. The molecule has 1 amide bonds. The average Bonchev–Trinajstić information content (AvgIpc) is 3.59. The number of carbonyl (C=O) groups is 1. The van der Waals surface area contributed by atoms with Crippen molar-refractivity contribution in [1.29, 1.82) is 0 Å². The molecule has 1 saturated heterocycles. The molecule has 1 fully saturated rings. The number of ether oxygens (including phenoxy) is 1. The number of hydrogen-bond acceptors (Lipinski definition) is 5. The lowest BCUT2D eigenvalue weighted by molar-refractivity contribution is 0.0563. The first-order valence-electron chi connectivity index (χ1n) is 15.1. The summed E-state index contributed by atoms with van der Waals surface area (Å²) < 4.78 is 6.01. The van der Waals surface area contributed by atoms with E-state index in [2.05, 4.69) is 109 Å². The molecule has 0 radical (unpaired) electrons. The summed E-state index contributed by atoms with van der Waals surface area (Å²) in [5.74, 6) is 1.70. The molecule has 1 aliphatic rings. The van der Waals surface area contributed by atoms with E-state index in [1.807, 2.05) is 11.1 Å². The number of para-hydroxylation sites is 1. The van der Waals surface area contributed by atoms with Crippen LogP contribution in [0, 0.1) is 0 Å². The molecule has 2 aromatic heterocycles. The molecule has 7 nitrogen and oxygen atoms in total. The minimum Gasteiger partial charge on any atom is -0.495 e. The van der Waals surface area contributed by atoms with Gasteiger partial charge in [0.05, 0.1) is 12.6 Å². The van der Waals surface area contributed by atoms with Crippen LogP contribution in [0.25, 0.3) is 33.2 Å². The number of fused-ring (bicyclic) bond motifs is 1. The Balaban J connectivity index is 1.25. The van der Waals surface area contributed by atoms with E-state index in [1.165, 1.54) is 5.56 Å². The number of piperazine rings is 1. The zero-order chi connectivity index (χ0) is 30.1. The fourth-order valence-electron chi connectivity index (χ4n) is 6.37. The first-order valence-corrected chi connectivity index (χ1v) is 15.1. The van der Waals surface area contributed by atoms with Crippen LogP contribution in [0.1, 0.15) is 56.2 Å². The molecule has 6 rings (SSSR count). The second-order valence-corrected chi connectivity index (χ2v) is 11.6. The number of aromatic nitrogens is 3. The number of hydrogen-bond donors (Lipinski definition) is 1. The molecular weight excluding hydrogens is 534 g/mol. The molecule has 1 N–H and O–H groups in total. The van der Waals surface area contributed by atoms with Gasteiger partial charge in [0, 0.05) is 66.0 Å². The van der Waals surface area contributed by atoms with Crippen LogP contribution >= 0.6 is 0 Å². The fourth-order valence-corrected chi connectivity index (χ4v) is 6.37. The van der Waals surface area contributed by atoms with Gasteiger partial charge in [0.25, 0.3) is 5.91 Å². The van der Waals surface area contributed by atoms with Crippen molar-refractivity contribution in [2.24, 2.45) is 0 Å². The van der Waals surface area contributed by atoms with Crippen molar-refractivity contribution in [3.63, 3.8) is 0 Å². The van der Waals surface area contributed by atoms with Crippen molar-refractivity contribution in [2.75, 3.05) is 25.1 Å². The van der Waals surface area contributed by atoms with E-state index in [-0.39, 0.29) is 18.0 Å². The number of benzene rings is 3. The molecule has 43 heavy (non-hydrogen) atoms. The Morgan fingerprint density at radius 2 is 1.63 bits per heavy atom. The number of amides is 1. The first-order chi connectivity index (χ1) is 20.9. The smallest absolute Gasteiger partial charge is 0.290 e. The van der Waals surface area contributed by atoms with Crippen LogP contribution in [0.15, 0.2) is 85.3 Å². The Labute approximate surface area is 253 Å². The molecule has 0 saturated carbocycles. The Bertz CT molecular complexity index is 1700. The lowest BCUT2D eigenvalue weighted by atomic mass is 9.94. The summed E-state index contributed by atoms with van der Waals surface area (Å²) >= 11 is 0. The summed E-state index contributed by atoms with van der Waals surface area (Å²) in [4.78, 5) is 29.4. The van der Waals surface area contributed by atoms with Gasteiger partial charge in [0.2, 0.25) is 0 Å². The zero-order valence-corrected chi connectivity index (χ0v) is 25.5. The number of anilines is 1. The Kier molecular flexibility index (Phi) is 7.89. The van der Waals surface area contributed by atoms with Gasteiger partial charge >= 0.3 is 0 Å². The maximum absolute atomic E-state index is 13.0.